The quantitative estimate of drug-likeness (QED) is 0.793. The van der Waals surface area contributed by atoms with Gasteiger partial charge in [0, 0.05) is 23.6 Å². The van der Waals surface area contributed by atoms with Gasteiger partial charge in [-0.1, -0.05) is 30.1 Å². The highest BCUT2D eigenvalue weighted by Crippen LogP contribution is 2.36. The van der Waals surface area contributed by atoms with Crippen LogP contribution in [0.2, 0.25) is 10.0 Å². The molecule has 1 unspecified atom stereocenters. The molecule has 20 heavy (non-hydrogen) atoms. The summed E-state index contributed by atoms with van der Waals surface area (Å²) >= 11 is 12.1. The molecule has 0 amide bonds. The molecule has 0 aliphatic carbocycles. The lowest BCUT2D eigenvalue weighted by molar-refractivity contribution is -0.136. The predicted molar refractivity (Wildman–Crippen MR) is 74.7 cm³/mol. The lowest BCUT2D eigenvalue weighted by Crippen LogP contribution is -2.23. The van der Waals surface area contributed by atoms with E-state index in [1.165, 1.54) is 13.2 Å². The van der Waals surface area contributed by atoms with Crippen LogP contribution in [0.15, 0.2) is 12.1 Å². The minimum absolute atomic E-state index is 0.0975. The average molecular weight is 330 g/mol. The van der Waals surface area contributed by atoms with Crippen molar-refractivity contribution in [2.45, 2.75) is 32.0 Å². The number of hydrogen-bond acceptors (Lipinski definition) is 2. The Morgan fingerprint density at radius 1 is 1.25 bits per heavy atom. The smallest absolute Gasteiger partial charge is 0.389 e. The van der Waals surface area contributed by atoms with Crippen molar-refractivity contribution in [1.29, 1.82) is 0 Å². The third-order valence-corrected chi connectivity index (χ3v) is 3.44. The molecule has 1 atom stereocenters. The molecule has 0 aromatic heterocycles. The van der Waals surface area contributed by atoms with E-state index in [0.29, 0.717) is 27.9 Å². The van der Waals surface area contributed by atoms with Crippen LogP contribution in [0.3, 0.4) is 0 Å². The maximum absolute atomic E-state index is 12.4. The maximum Gasteiger partial charge on any atom is 0.389 e. The van der Waals surface area contributed by atoms with Crippen molar-refractivity contribution in [2.75, 3.05) is 13.7 Å². The van der Waals surface area contributed by atoms with E-state index in [1.54, 1.807) is 6.07 Å². The maximum atomic E-state index is 12.4. The zero-order valence-corrected chi connectivity index (χ0v) is 12.7. The molecule has 7 heteroatoms. The van der Waals surface area contributed by atoms with Gasteiger partial charge in [0.05, 0.1) is 12.1 Å². The summed E-state index contributed by atoms with van der Waals surface area (Å²) in [7, 11) is 1.45. The van der Waals surface area contributed by atoms with Crippen LogP contribution in [0.25, 0.3) is 0 Å². The molecule has 0 aliphatic heterocycles. The topological polar surface area (TPSA) is 21.3 Å². The van der Waals surface area contributed by atoms with Gasteiger partial charge in [0.25, 0.3) is 0 Å². The summed E-state index contributed by atoms with van der Waals surface area (Å²) in [5, 5.41) is 3.65. The van der Waals surface area contributed by atoms with Crippen LogP contribution in [-0.4, -0.2) is 19.8 Å². The molecular weight excluding hydrogens is 314 g/mol. The first kappa shape index (κ1) is 17.4. The molecular formula is C13H16Cl2F3NO. The van der Waals surface area contributed by atoms with E-state index in [0.717, 1.165) is 0 Å². The number of nitrogens with one attached hydrogen (secondary N) is 1. The molecule has 0 heterocycles. The molecule has 0 radical (unpaired) electrons. The fourth-order valence-corrected chi connectivity index (χ4v) is 2.42. The highest BCUT2D eigenvalue weighted by Gasteiger charge is 2.29. The summed E-state index contributed by atoms with van der Waals surface area (Å²) in [6.45, 7) is 2.35. The van der Waals surface area contributed by atoms with Gasteiger partial charge in [0.1, 0.15) is 5.75 Å². The van der Waals surface area contributed by atoms with E-state index >= 15 is 0 Å². The van der Waals surface area contributed by atoms with Gasteiger partial charge < -0.3 is 10.1 Å². The minimum atomic E-state index is -4.20. The Labute approximate surface area is 126 Å². The molecule has 0 bridgehead atoms. The normalized spacial score (nSPS) is 13.3. The SMILES string of the molecule is CCNC(CCC(F)(F)F)c1cc(Cl)c(OC)cc1Cl. The van der Waals surface area contributed by atoms with Gasteiger partial charge in [-0.2, -0.15) is 13.2 Å². The standard InChI is InChI=1S/C13H16Cl2F3NO/c1-3-19-11(4-5-13(16,17)18)8-6-10(15)12(20-2)7-9(8)14/h6-7,11,19H,3-5H2,1-2H3. The van der Waals surface area contributed by atoms with Crippen LogP contribution in [0.1, 0.15) is 31.4 Å². The second-order valence-electron chi connectivity index (χ2n) is 4.27. The second kappa shape index (κ2) is 7.38. The average Bonchev–Trinajstić information content (AvgIpc) is 2.36. The Hall–Kier alpha value is -0.650. The van der Waals surface area contributed by atoms with Crippen molar-refractivity contribution in [2.24, 2.45) is 0 Å². The zero-order chi connectivity index (χ0) is 15.3. The minimum Gasteiger partial charge on any atom is -0.495 e. The summed E-state index contributed by atoms with van der Waals surface area (Å²) in [6.07, 6.45) is -5.18. The van der Waals surface area contributed by atoms with Crippen molar-refractivity contribution >= 4 is 23.2 Å². The molecule has 1 aromatic carbocycles. The number of ether oxygens (including phenoxy) is 1. The predicted octanol–water partition coefficient (Wildman–Crippen LogP) is 5.00. The number of benzene rings is 1. The van der Waals surface area contributed by atoms with Gasteiger partial charge in [0.2, 0.25) is 0 Å². The largest absolute Gasteiger partial charge is 0.495 e. The fraction of sp³-hybridized carbons (Fsp3) is 0.538. The monoisotopic (exact) mass is 329 g/mol. The van der Waals surface area contributed by atoms with E-state index < -0.39 is 18.6 Å². The number of hydrogen-bond donors (Lipinski definition) is 1. The second-order valence-corrected chi connectivity index (χ2v) is 5.09. The van der Waals surface area contributed by atoms with Gasteiger partial charge in [-0.05, 0) is 24.6 Å². The number of halogens is 5. The first-order valence-corrected chi connectivity index (χ1v) is 6.87. The van der Waals surface area contributed by atoms with E-state index in [4.69, 9.17) is 27.9 Å². The van der Waals surface area contributed by atoms with Crippen LogP contribution < -0.4 is 10.1 Å². The van der Waals surface area contributed by atoms with Gasteiger partial charge in [-0.3, -0.25) is 0 Å². The van der Waals surface area contributed by atoms with Gasteiger partial charge >= 0.3 is 6.18 Å². The number of methoxy groups -OCH3 is 1. The van der Waals surface area contributed by atoms with Crippen molar-refractivity contribution in [3.8, 4) is 5.75 Å². The van der Waals surface area contributed by atoms with E-state index in [2.05, 4.69) is 5.32 Å². The van der Waals surface area contributed by atoms with Crippen LogP contribution in [0.5, 0.6) is 5.75 Å². The van der Waals surface area contributed by atoms with E-state index in [-0.39, 0.29) is 6.42 Å². The van der Waals surface area contributed by atoms with Crippen molar-refractivity contribution < 1.29 is 17.9 Å². The fourth-order valence-electron chi connectivity index (χ4n) is 1.89. The zero-order valence-electron chi connectivity index (χ0n) is 11.2. The Morgan fingerprint density at radius 3 is 2.40 bits per heavy atom. The summed E-state index contributed by atoms with van der Waals surface area (Å²) in [5.74, 6) is 0.395. The molecule has 0 saturated heterocycles. The Kier molecular flexibility index (Phi) is 6.43. The van der Waals surface area contributed by atoms with Crippen molar-refractivity contribution in [3.05, 3.63) is 27.7 Å². The highest BCUT2D eigenvalue weighted by atomic mass is 35.5. The first-order chi connectivity index (χ1) is 9.28. The summed E-state index contributed by atoms with van der Waals surface area (Å²) < 4.78 is 42.1. The van der Waals surface area contributed by atoms with Crippen LogP contribution in [-0.2, 0) is 0 Å². The molecule has 0 saturated carbocycles. The van der Waals surface area contributed by atoms with Gasteiger partial charge in [0.15, 0.2) is 0 Å². The van der Waals surface area contributed by atoms with E-state index in [9.17, 15) is 13.2 Å². The number of alkyl halides is 3. The molecule has 1 N–H and O–H groups in total. The lowest BCUT2D eigenvalue weighted by Gasteiger charge is -2.21. The van der Waals surface area contributed by atoms with Crippen LogP contribution in [0, 0.1) is 0 Å². The van der Waals surface area contributed by atoms with Gasteiger partial charge in [-0.15, -0.1) is 0 Å². The lowest BCUT2D eigenvalue weighted by atomic mass is 10.0. The molecule has 0 aliphatic rings. The third kappa shape index (κ3) is 5.04. The highest BCUT2D eigenvalue weighted by molar-refractivity contribution is 6.34. The Balaban J connectivity index is 2.99. The molecule has 1 aromatic rings. The molecule has 0 spiro atoms. The van der Waals surface area contributed by atoms with Crippen molar-refractivity contribution in [1.82, 2.24) is 5.32 Å². The number of rotatable bonds is 6. The third-order valence-electron chi connectivity index (χ3n) is 2.81. The summed E-state index contributed by atoms with van der Waals surface area (Å²) in [4.78, 5) is 0. The van der Waals surface area contributed by atoms with Crippen molar-refractivity contribution in [3.63, 3.8) is 0 Å². The molecule has 2 nitrogen and oxygen atoms in total. The molecule has 114 valence electrons. The summed E-state index contributed by atoms with van der Waals surface area (Å²) in [6, 6.07) is 2.56. The van der Waals surface area contributed by atoms with Gasteiger partial charge in [-0.25, -0.2) is 0 Å². The Bertz CT molecular complexity index is 452. The molecule has 0 fully saturated rings. The first-order valence-electron chi connectivity index (χ1n) is 6.11. The van der Waals surface area contributed by atoms with Crippen LogP contribution in [0.4, 0.5) is 13.2 Å². The summed E-state index contributed by atoms with van der Waals surface area (Å²) in [5.41, 5.74) is 0.545. The van der Waals surface area contributed by atoms with Crippen LogP contribution >= 0.6 is 23.2 Å². The Morgan fingerprint density at radius 2 is 1.90 bits per heavy atom. The molecule has 1 rings (SSSR count). The van der Waals surface area contributed by atoms with E-state index in [1.807, 2.05) is 6.92 Å².